The van der Waals surface area contributed by atoms with Gasteiger partial charge >= 0.3 is 0 Å². The molecule has 0 bridgehead atoms. The van der Waals surface area contributed by atoms with Crippen LogP contribution in [0.15, 0.2) is 0 Å². The Morgan fingerprint density at radius 2 is 1.14 bits per heavy atom. The van der Waals surface area contributed by atoms with Crippen molar-refractivity contribution in [1.29, 1.82) is 0 Å². The van der Waals surface area contributed by atoms with E-state index in [0.717, 1.165) is 12.1 Å². The van der Waals surface area contributed by atoms with E-state index in [2.05, 4.69) is 24.5 Å². The average molecular weight is 202 g/mol. The molecule has 0 amide bonds. The van der Waals surface area contributed by atoms with Crippen LogP contribution in [0, 0.1) is 0 Å². The van der Waals surface area contributed by atoms with Gasteiger partial charge in [-0.25, -0.2) is 0 Å². The third-order valence-corrected chi connectivity index (χ3v) is 2.61. The summed E-state index contributed by atoms with van der Waals surface area (Å²) in [6.45, 7) is 6.93. The summed E-state index contributed by atoms with van der Waals surface area (Å²) in [4.78, 5) is 0. The van der Waals surface area contributed by atoms with E-state index < -0.39 is 0 Å². The summed E-state index contributed by atoms with van der Waals surface area (Å²) >= 11 is 0. The van der Waals surface area contributed by atoms with Crippen LogP contribution < -0.4 is 10.6 Å². The van der Waals surface area contributed by atoms with Crippen LogP contribution in [0.4, 0.5) is 0 Å². The van der Waals surface area contributed by atoms with E-state index in [0.29, 0.717) is 0 Å². The van der Waals surface area contributed by atoms with Crippen molar-refractivity contribution in [1.82, 2.24) is 10.6 Å². The largest absolute Gasteiger partial charge is 0.314 e. The van der Waals surface area contributed by atoms with Crippen molar-refractivity contribution in [2.24, 2.45) is 0 Å². The first-order chi connectivity index (χ1) is 5.79. The van der Waals surface area contributed by atoms with Crippen LogP contribution in [0.1, 0.15) is 54.4 Å². The van der Waals surface area contributed by atoms with Crippen molar-refractivity contribution < 1.29 is 0 Å². The average Bonchev–Trinajstić information content (AvgIpc) is 2.63. The summed E-state index contributed by atoms with van der Waals surface area (Å²) in [5, 5.41) is 6.64. The molecule has 2 heterocycles. The van der Waals surface area contributed by atoms with Gasteiger partial charge in [0.15, 0.2) is 0 Å². The van der Waals surface area contributed by atoms with Crippen LogP contribution in [0.25, 0.3) is 0 Å². The Balaban J connectivity index is 0. The molecule has 0 radical (unpaired) electrons. The van der Waals surface area contributed by atoms with Gasteiger partial charge in [0.1, 0.15) is 0 Å². The molecule has 0 spiro atoms. The Hall–Kier alpha value is -0.0800. The minimum Gasteiger partial charge on any atom is -0.314 e. The molecule has 88 valence electrons. The van der Waals surface area contributed by atoms with Gasteiger partial charge in [-0.1, -0.05) is 14.9 Å². The molecule has 2 nitrogen and oxygen atoms in total. The van der Waals surface area contributed by atoms with Gasteiger partial charge in [0.05, 0.1) is 0 Å². The predicted octanol–water partition coefficient (Wildman–Crippen LogP) is 2.79. The molecule has 0 unspecified atom stereocenters. The molecular formula is C12H30N2. The highest BCUT2D eigenvalue weighted by Crippen LogP contribution is 2.01. The molecule has 14 heavy (non-hydrogen) atoms. The number of hydrogen-bond donors (Lipinski definition) is 2. The fourth-order valence-corrected chi connectivity index (χ4v) is 1.72. The molecule has 2 fully saturated rings. The van der Waals surface area contributed by atoms with Gasteiger partial charge in [-0.15, -0.1) is 0 Å². The molecule has 2 saturated heterocycles. The fourth-order valence-electron chi connectivity index (χ4n) is 1.72. The molecule has 0 aliphatic carbocycles. The second-order valence-electron chi connectivity index (χ2n) is 3.99. The molecule has 0 saturated carbocycles. The normalized spacial score (nSPS) is 29.6. The van der Waals surface area contributed by atoms with Crippen LogP contribution in [0.3, 0.4) is 0 Å². The second-order valence-corrected chi connectivity index (χ2v) is 3.99. The topological polar surface area (TPSA) is 24.1 Å². The Labute approximate surface area is 90.9 Å². The van der Waals surface area contributed by atoms with Crippen LogP contribution in [-0.2, 0) is 0 Å². The standard InChI is InChI=1S/2C5H11N.2CH4/c2*1-5-3-2-4-6-5;;/h2*5-6H,2-4H2,1H3;2*1H4/t2*5-;;/m10../s1. The Morgan fingerprint density at radius 1 is 0.786 bits per heavy atom. The molecule has 2 rings (SSSR count). The summed E-state index contributed by atoms with van der Waals surface area (Å²) in [5.74, 6) is 0. The Bertz CT molecular complexity index is 88.9. The first-order valence-corrected chi connectivity index (χ1v) is 5.26. The van der Waals surface area contributed by atoms with E-state index in [1.54, 1.807) is 0 Å². The lowest BCUT2D eigenvalue weighted by Crippen LogP contribution is -2.16. The molecule has 0 aromatic rings. The number of rotatable bonds is 0. The minimum atomic E-state index is 0. The van der Waals surface area contributed by atoms with E-state index in [1.807, 2.05) is 0 Å². The van der Waals surface area contributed by atoms with Crippen molar-refractivity contribution in [3.8, 4) is 0 Å². The SMILES string of the molecule is C.C.C[C@@H]1CCCN1.C[C@H]1CCCN1. The molecule has 2 heteroatoms. The van der Waals surface area contributed by atoms with Crippen molar-refractivity contribution in [2.45, 2.75) is 66.5 Å². The smallest absolute Gasteiger partial charge is 0.00391 e. The maximum absolute atomic E-state index is 3.32. The van der Waals surface area contributed by atoms with E-state index in [-0.39, 0.29) is 14.9 Å². The monoisotopic (exact) mass is 202 g/mol. The highest BCUT2D eigenvalue weighted by molar-refractivity contribution is 4.68. The van der Waals surface area contributed by atoms with Gasteiger partial charge in [0.25, 0.3) is 0 Å². The van der Waals surface area contributed by atoms with Gasteiger partial charge in [-0.3, -0.25) is 0 Å². The first kappa shape index (κ1) is 16.4. The Morgan fingerprint density at radius 3 is 1.21 bits per heavy atom. The van der Waals surface area contributed by atoms with Crippen molar-refractivity contribution >= 4 is 0 Å². The highest BCUT2D eigenvalue weighted by Gasteiger charge is 2.06. The third kappa shape index (κ3) is 7.34. The van der Waals surface area contributed by atoms with Gasteiger partial charge in [0, 0.05) is 12.1 Å². The zero-order valence-electron chi connectivity index (χ0n) is 8.40. The molecule has 2 atom stereocenters. The van der Waals surface area contributed by atoms with Crippen LogP contribution >= 0.6 is 0 Å². The van der Waals surface area contributed by atoms with Crippen LogP contribution in [0.5, 0.6) is 0 Å². The molecule has 2 N–H and O–H groups in total. The van der Waals surface area contributed by atoms with E-state index in [1.165, 1.54) is 38.8 Å². The van der Waals surface area contributed by atoms with Gasteiger partial charge in [0.2, 0.25) is 0 Å². The summed E-state index contributed by atoms with van der Waals surface area (Å²) in [6.07, 6.45) is 5.50. The van der Waals surface area contributed by atoms with Gasteiger partial charge in [-0.2, -0.15) is 0 Å². The minimum absolute atomic E-state index is 0. The maximum atomic E-state index is 3.32. The zero-order valence-corrected chi connectivity index (χ0v) is 8.40. The number of hydrogen-bond acceptors (Lipinski definition) is 2. The lowest BCUT2D eigenvalue weighted by molar-refractivity contribution is 0.664. The van der Waals surface area contributed by atoms with Crippen molar-refractivity contribution in [2.75, 3.05) is 13.1 Å². The summed E-state index contributed by atoms with van der Waals surface area (Å²) in [6, 6.07) is 1.59. The van der Waals surface area contributed by atoms with Gasteiger partial charge in [-0.05, 0) is 52.6 Å². The maximum Gasteiger partial charge on any atom is 0.00391 e. The molecule has 0 aromatic heterocycles. The number of nitrogens with one attached hydrogen (secondary N) is 2. The third-order valence-electron chi connectivity index (χ3n) is 2.61. The lowest BCUT2D eigenvalue weighted by atomic mass is 10.3. The van der Waals surface area contributed by atoms with Crippen LogP contribution in [-0.4, -0.2) is 25.2 Å². The van der Waals surface area contributed by atoms with Gasteiger partial charge < -0.3 is 10.6 Å². The first-order valence-electron chi connectivity index (χ1n) is 5.26. The van der Waals surface area contributed by atoms with E-state index in [4.69, 9.17) is 0 Å². The second kappa shape index (κ2) is 9.47. The highest BCUT2D eigenvalue weighted by atomic mass is 14.9. The van der Waals surface area contributed by atoms with Crippen molar-refractivity contribution in [3.05, 3.63) is 0 Å². The summed E-state index contributed by atoms with van der Waals surface area (Å²) in [7, 11) is 0. The predicted molar refractivity (Wildman–Crippen MR) is 66.9 cm³/mol. The summed E-state index contributed by atoms with van der Waals surface area (Å²) < 4.78 is 0. The zero-order chi connectivity index (χ0) is 8.81. The van der Waals surface area contributed by atoms with Crippen LogP contribution in [0.2, 0.25) is 0 Å². The van der Waals surface area contributed by atoms with E-state index in [9.17, 15) is 0 Å². The molecule has 0 aromatic carbocycles. The molecular weight excluding hydrogens is 172 g/mol. The Kier molecular flexibility index (Phi) is 11.1. The summed E-state index contributed by atoms with van der Waals surface area (Å²) in [5.41, 5.74) is 0. The fraction of sp³-hybridized carbons (Fsp3) is 1.00. The quantitative estimate of drug-likeness (QED) is 0.631. The molecule has 2 aliphatic heterocycles. The lowest BCUT2D eigenvalue weighted by Gasteiger charge is -1.95. The van der Waals surface area contributed by atoms with E-state index >= 15 is 0 Å². The van der Waals surface area contributed by atoms with Crippen molar-refractivity contribution in [3.63, 3.8) is 0 Å². The molecule has 2 aliphatic rings.